The highest BCUT2D eigenvalue weighted by Crippen LogP contribution is 2.37. The van der Waals surface area contributed by atoms with Crippen molar-refractivity contribution in [1.82, 2.24) is 4.98 Å². The molecule has 2 aromatic carbocycles. The number of hydrogen-bond donors (Lipinski definition) is 0. The van der Waals surface area contributed by atoms with E-state index >= 15 is 0 Å². The van der Waals surface area contributed by atoms with Crippen LogP contribution in [0.25, 0.3) is 11.3 Å². The van der Waals surface area contributed by atoms with E-state index in [2.05, 4.69) is 4.98 Å². The van der Waals surface area contributed by atoms with Crippen LogP contribution >= 0.6 is 11.3 Å². The first-order valence-corrected chi connectivity index (χ1v) is 11.4. The maximum Gasteiger partial charge on any atom is 0.232 e. The zero-order valence-electron chi connectivity index (χ0n) is 15.1. The number of rotatable bonds is 5. The van der Waals surface area contributed by atoms with Gasteiger partial charge in [-0.2, -0.15) is 0 Å². The summed E-state index contributed by atoms with van der Waals surface area (Å²) in [5.41, 5.74) is 3.70. The molecule has 0 bridgehead atoms. The Bertz CT molecular complexity index is 1060. The topological polar surface area (TPSA) is 59.5 Å². The second-order valence-corrected chi connectivity index (χ2v) is 9.49. The highest BCUT2D eigenvalue weighted by Gasteiger charge is 2.32. The summed E-state index contributed by atoms with van der Waals surface area (Å²) in [6.45, 7) is 2.36. The van der Waals surface area contributed by atoms with E-state index < -0.39 is 10.0 Å². The average Bonchev–Trinajstić information content (AvgIpc) is 3.23. The maximum absolute atomic E-state index is 12.1. The van der Waals surface area contributed by atoms with E-state index in [1.165, 1.54) is 10.6 Å². The Kier molecular flexibility index (Phi) is 4.65. The number of sulfonamides is 1. The number of hydrogen-bond acceptors (Lipinski definition) is 5. The maximum atomic E-state index is 12.1. The predicted octanol–water partition coefficient (Wildman–Crippen LogP) is 4.10. The summed E-state index contributed by atoms with van der Waals surface area (Å²) in [6, 6.07) is 15.5. The number of anilines is 1. The fourth-order valence-corrected chi connectivity index (χ4v) is 5.42. The summed E-state index contributed by atoms with van der Waals surface area (Å²) in [6.07, 6.45) is 1.97. The van der Waals surface area contributed by atoms with Crippen molar-refractivity contribution in [3.63, 3.8) is 0 Å². The molecule has 0 amide bonds. The average molecular weight is 401 g/mol. The summed E-state index contributed by atoms with van der Waals surface area (Å²) in [5.74, 6) is 0.821. The Morgan fingerprint density at radius 3 is 2.74 bits per heavy atom. The summed E-state index contributed by atoms with van der Waals surface area (Å²) in [5, 5.41) is 2.92. The molecule has 0 saturated carbocycles. The molecule has 140 valence electrons. The van der Waals surface area contributed by atoms with Gasteiger partial charge in [0, 0.05) is 17.0 Å². The van der Waals surface area contributed by atoms with Crippen LogP contribution in [0.15, 0.2) is 53.9 Å². The monoisotopic (exact) mass is 400 g/mol. The molecule has 0 N–H and O–H groups in total. The number of ether oxygens (including phenoxy) is 1. The first kappa shape index (κ1) is 18.0. The van der Waals surface area contributed by atoms with Crippen molar-refractivity contribution in [3.8, 4) is 17.0 Å². The molecule has 1 aromatic heterocycles. The largest absolute Gasteiger partial charge is 0.486 e. The van der Waals surface area contributed by atoms with Gasteiger partial charge in [0.15, 0.2) is 0 Å². The third kappa shape index (κ3) is 3.70. The first-order chi connectivity index (χ1) is 12.9. The molecule has 0 fully saturated rings. The molecule has 3 aromatic rings. The van der Waals surface area contributed by atoms with E-state index in [0.717, 1.165) is 33.3 Å². The van der Waals surface area contributed by atoms with Crippen molar-refractivity contribution in [2.45, 2.75) is 26.0 Å². The van der Waals surface area contributed by atoms with Gasteiger partial charge in [-0.15, -0.1) is 11.3 Å². The lowest BCUT2D eigenvalue weighted by Crippen LogP contribution is -2.34. The molecule has 0 aliphatic carbocycles. The first-order valence-electron chi connectivity index (χ1n) is 8.67. The SMILES string of the molecule is CC1Cc2cc(-c3csc(COc4ccccc4)n3)ccc2N1S(C)(=O)=O. The fraction of sp³-hybridized carbons (Fsp3) is 0.250. The predicted molar refractivity (Wildman–Crippen MR) is 109 cm³/mol. The lowest BCUT2D eigenvalue weighted by atomic mass is 10.1. The number of nitrogens with zero attached hydrogens (tertiary/aromatic N) is 2. The minimum atomic E-state index is -3.27. The number of thiazole rings is 1. The van der Waals surface area contributed by atoms with Crippen molar-refractivity contribution in [2.75, 3.05) is 10.6 Å². The molecule has 5 nitrogen and oxygen atoms in total. The smallest absolute Gasteiger partial charge is 0.232 e. The minimum absolute atomic E-state index is 0.0597. The molecular formula is C20H20N2O3S2. The molecule has 4 rings (SSSR count). The minimum Gasteiger partial charge on any atom is -0.486 e. The number of fused-ring (bicyclic) bond motifs is 1. The van der Waals surface area contributed by atoms with Gasteiger partial charge >= 0.3 is 0 Å². The van der Waals surface area contributed by atoms with Crippen LogP contribution in [0.3, 0.4) is 0 Å². The molecule has 0 saturated heterocycles. The van der Waals surface area contributed by atoms with Crippen LogP contribution in [0.5, 0.6) is 5.75 Å². The fourth-order valence-electron chi connectivity index (χ4n) is 3.44. The standard InChI is InChI=1S/C20H20N2O3S2/c1-14-10-16-11-15(8-9-19(16)22(14)27(2,23)24)18-13-26-20(21-18)12-25-17-6-4-3-5-7-17/h3-9,11,13-14H,10,12H2,1-2H3. The van der Waals surface area contributed by atoms with E-state index in [1.54, 1.807) is 11.3 Å². The lowest BCUT2D eigenvalue weighted by molar-refractivity contribution is 0.305. The molecule has 27 heavy (non-hydrogen) atoms. The summed E-state index contributed by atoms with van der Waals surface area (Å²) in [7, 11) is -3.27. The second-order valence-electron chi connectivity index (χ2n) is 6.68. The molecule has 1 aliphatic heterocycles. The molecule has 7 heteroatoms. The van der Waals surface area contributed by atoms with E-state index in [1.807, 2.05) is 60.8 Å². The van der Waals surface area contributed by atoms with Gasteiger partial charge in [0.2, 0.25) is 10.0 Å². The zero-order valence-corrected chi connectivity index (χ0v) is 16.8. The van der Waals surface area contributed by atoms with Crippen molar-refractivity contribution >= 4 is 27.0 Å². The molecule has 0 spiro atoms. The lowest BCUT2D eigenvalue weighted by Gasteiger charge is -2.21. The van der Waals surface area contributed by atoms with Gasteiger partial charge in [0.25, 0.3) is 0 Å². The van der Waals surface area contributed by atoms with E-state index in [9.17, 15) is 8.42 Å². The third-order valence-corrected chi connectivity index (χ3v) is 6.64. The van der Waals surface area contributed by atoms with Gasteiger partial charge in [-0.3, -0.25) is 4.31 Å². The van der Waals surface area contributed by atoms with Crippen LogP contribution in [0.1, 0.15) is 17.5 Å². The Morgan fingerprint density at radius 1 is 1.22 bits per heavy atom. The van der Waals surface area contributed by atoms with Crippen LogP contribution in [-0.4, -0.2) is 25.7 Å². The van der Waals surface area contributed by atoms with Gasteiger partial charge < -0.3 is 4.74 Å². The molecule has 2 heterocycles. The van der Waals surface area contributed by atoms with Gasteiger partial charge in [0.05, 0.1) is 17.6 Å². The number of para-hydroxylation sites is 1. The summed E-state index contributed by atoms with van der Waals surface area (Å²) in [4.78, 5) is 4.67. The van der Waals surface area contributed by atoms with Gasteiger partial charge in [-0.25, -0.2) is 13.4 Å². The Balaban J connectivity index is 1.54. The number of aromatic nitrogens is 1. The highest BCUT2D eigenvalue weighted by molar-refractivity contribution is 7.92. The number of benzene rings is 2. The van der Waals surface area contributed by atoms with Crippen molar-refractivity contribution in [3.05, 3.63) is 64.5 Å². The van der Waals surface area contributed by atoms with Crippen LogP contribution in [0, 0.1) is 0 Å². The molecule has 0 radical (unpaired) electrons. The normalized spacial score (nSPS) is 16.4. The zero-order chi connectivity index (χ0) is 19.0. The van der Waals surface area contributed by atoms with Gasteiger partial charge in [-0.1, -0.05) is 24.3 Å². The van der Waals surface area contributed by atoms with Crippen LogP contribution in [0.4, 0.5) is 5.69 Å². The van der Waals surface area contributed by atoms with Gasteiger partial charge in [-0.05, 0) is 43.2 Å². The summed E-state index contributed by atoms with van der Waals surface area (Å²) < 4.78 is 31.4. The molecule has 1 unspecified atom stereocenters. The van der Waals surface area contributed by atoms with Crippen LogP contribution in [-0.2, 0) is 23.1 Å². The Morgan fingerprint density at radius 2 is 2.00 bits per heavy atom. The Labute approximate surface area is 163 Å². The highest BCUT2D eigenvalue weighted by atomic mass is 32.2. The van der Waals surface area contributed by atoms with E-state index in [-0.39, 0.29) is 6.04 Å². The van der Waals surface area contributed by atoms with Gasteiger partial charge in [0.1, 0.15) is 17.4 Å². The van der Waals surface area contributed by atoms with Crippen molar-refractivity contribution in [2.24, 2.45) is 0 Å². The Hall–Kier alpha value is -2.38. The summed E-state index contributed by atoms with van der Waals surface area (Å²) >= 11 is 1.56. The van der Waals surface area contributed by atoms with Crippen molar-refractivity contribution in [1.29, 1.82) is 0 Å². The molecule has 1 aliphatic rings. The van der Waals surface area contributed by atoms with Crippen molar-refractivity contribution < 1.29 is 13.2 Å². The molecule has 1 atom stereocenters. The second kappa shape index (κ2) is 6.98. The van der Waals surface area contributed by atoms with Crippen LogP contribution in [0.2, 0.25) is 0 Å². The van der Waals surface area contributed by atoms with Crippen LogP contribution < -0.4 is 9.04 Å². The van der Waals surface area contributed by atoms with E-state index in [0.29, 0.717) is 13.0 Å². The van der Waals surface area contributed by atoms with E-state index in [4.69, 9.17) is 4.74 Å². The molecular weight excluding hydrogens is 380 g/mol. The third-order valence-electron chi connectivity index (χ3n) is 4.54. The quantitative estimate of drug-likeness (QED) is 0.647.